The highest BCUT2D eigenvalue weighted by Crippen LogP contribution is 2.12. The zero-order valence-electron chi connectivity index (χ0n) is 12.0. The molecule has 0 aliphatic carbocycles. The van der Waals surface area contributed by atoms with Crippen molar-refractivity contribution >= 4 is 0 Å². The van der Waals surface area contributed by atoms with E-state index in [9.17, 15) is 0 Å². The first-order valence-corrected chi connectivity index (χ1v) is 7.42. The molecule has 0 saturated heterocycles. The second-order valence-electron chi connectivity index (χ2n) is 5.48. The molecule has 0 aromatic rings. The molecule has 0 unspecified atom stereocenters. The zero-order chi connectivity index (χ0) is 12.5. The van der Waals surface area contributed by atoms with E-state index in [-0.39, 0.29) is 0 Å². The quantitative estimate of drug-likeness (QED) is 0.556. The van der Waals surface area contributed by atoms with Gasteiger partial charge in [0, 0.05) is 25.0 Å². The fraction of sp³-hybridized carbons (Fsp3) is 0.867. The molecule has 0 N–H and O–H groups in total. The van der Waals surface area contributed by atoms with Crippen molar-refractivity contribution in [3.8, 4) is 0 Å². The summed E-state index contributed by atoms with van der Waals surface area (Å²) >= 11 is 0. The Labute approximate surface area is 108 Å². The Bertz CT molecular complexity index is 211. The molecule has 0 amide bonds. The molecule has 0 aromatic carbocycles. The van der Waals surface area contributed by atoms with Crippen molar-refractivity contribution < 1.29 is 0 Å². The Morgan fingerprint density at radius 2 is 1.59 bits per heavy atom. The number of hydrogen-bond acceptors (Lipinski definition) is 2. The topological polar surface area (TPSA) is 6.48 Å². The van der Waals surface area contributed by atoms with Crippen molar-refractivity contribution in [2.75, 3.05) is 13.2 Å². The fourth-order valence-corrected chi connectivity index (χ4v) is 2.24. The first-order valence-electron chi connectivity index (χ1n) is 7.42. The molecule has 0 aromatic heterocycles. The SMILES string of the molecule is CCCCCCCCCN1C=CN(C(C)C)C1. The van der Waals surface area contributed by atoms with E-state index >= 15 is 0 Å². The monoisotopic (exact) mass is 238 g/mol. The maximum atomic E-state index is 2.44. The summed E-state index contributed by atoms with van der Waals surface area (Å²) in [7, 11) is 0. The molecule has 0 bridgehead atoms. The Balaban J connectivity index is 1.93. The number of nitrogens with zero attached hydrogens (tertiary/aromatic N) is 2. The lowest BCUT2D eigenvalue weighted by Crippen LogP contribution is -2.30. The van der Waals surface area contributed by atoms with Gasteiger partial charge in [-0.2, -0.15) is 0 Å². The van der Waals surface area contributed by atoms with Crippen molar-refractivity contribution in [1.82, 2.24) is 9.80 Å². The largest absolute Gasteiger partial charge is 0.359 e. The summed E-state index contributed by atoms with van der Waals surface area (Å²) in [5.41, 5.74) is 0. The van der Waals surface area contributed by atoms with Crippen LogP contribution in [0.25, 0.3) is 0 Å². The summed E-state index contributed by atoms with van der Waals surface area (Å²) in [5.74, 6) is 0. The molecule has 1 aliphatic heterocycles. The van der Waals surface area contributed by atoms with Gasteiger partial charge in [-0.25, -0.2) is 0 Å². The van der Waals surface area contributed by atoms with Gasteiger partial charge in [0.25, 0.3) is 0 Å². The standard InChI is InChI=1S/C15H30N2/c1-4-5-6-7-8-9-10-11-16-12-13-17(14-16)15(2)3/h12-13,15H,4-11,14H2,1-3H3. The van der Waals surface area contributed by atoms with Gasteiger partial charge in [0.2, 0.25) is 0 Å². The van der Waals surface area contributed by atoms with E-state index < -0.39 is 0 Å². The molecule has 1 aliphatic rings. The molecule has 1 rings (SSSR count). The number of rotatable bonds is 9. The van der Waals surface area contributed by atoms with Gasteiger partial charge in [-0.3, -0.25) is 0 Å². The Hall–Kier alpha value is -0.660. The van der Waals surface area contributed by atoms with Gasteiger partial charge in [0.15, 0.2) is 0 Å². The maximum Gasteiger partial charge on any atom is 0.0896 e. The van der Waals surface area contributed by atoms with Crippen LogP contribution >= 0.6 is 0 Å². The summed E-state index contributed by atoms with van der Waals surface area (Å²) in [6, 6.07) is 0.630. The van der Waals surface area contributed by atoms with E-state index in [1.807, 2.05) is 0 Å². The van der Waals surface area contributed by atoms with Crippen LogP contribution in [-0.2, 0) is 0 Å². The number of unbranched alkanes of at least 4 members (excludes halogenated alkanes) is 6. The highest BCUT2D eigenvalue weighted by atomic mass is 15.3. The van der Waals surface area contributed by atoms with Crippen molar-refractivity contribution in [2.24, 2.45) is 0 Å². The Kier molecular flexibility index (Phi) is 7.14. The summed E-state index contributed by atoms with van der Waals surface area (Å²) in [5, 5.41) is 0. The summed E-state index contributed by atoms with van der Waals surface area (Å²) in [6.07, 6.45) is 14.3. The fourth-order valence-electron chi connectivity index (χ4n) is 2.24. The highest BCUT2D eigenvalue weighted by Gasteiger charge is 2.13. The van der Waals surface area contributed by atoms with E-state index in [2.05, 4.69) is 43.0 Å². The minimum Gasteiger partial charge on any atom is -0.359 e. The number of hydrogen-bond donors (Lipinski definition) is 0. The van der Waals surface area contributed by atoms with Gasteiger partial charge >= 0.3 is 0 Å². The average molecular weight is 238 g/mol. The highest BCUT2D eigenvalue weighted by molar-refractivity contribution is 4.91. The molecular weight excluding hydrogens is 208 g/mol. The molecule has 0 radical (unpaired) electrons. The molecule has 2 nitrogen and oxygen atoms in total. The van der Waals surface area contributed by atoms with E-state index in [0.29, 0.717) is 6.04 Å². The lowest BCUT2D eigenvalue weighted by Gasteiger charge is -2.24. The van der Waals surface area contributed by atoms with E-state index in [1.54, 1.807) is 0 Å². The smallest absolute Gasteiger partial charge is 0.0896 e. The van der Waals surface area contributed by atoms with Gasteiger partial charge < -0.3 is 9.80 Å². The van der Waals surface area contributed by atoms with Crippen LogP contribution in [0.4, 0.5) is 0 Å². The van der Waals surface area contributed by atoms with Crippen LogP contribution in [0.5, 0.6) is 0 Å². The summed E-state index contributed by atoms with van der Waals surface area (Å²) in [4.78, 5) is 4.83. The predicted molar refractivity (Wildman–Crippen MR) is 75.7 cm³/mol. The van der Waals surface area contributed by atoms with Gasteiger partial charge in [-0.05, 0) is 20.3 Å². The summed E-state index contributed by atoms with van der Waals surface area (Å²) in [6.45, 7) is 9.10. The van der Waals surface area contributed by atoms with Gasteiger partial charge in [0.1, 0.15) is 0 Å². The average Bonchev–Trinajstić information content (AvgIpc) is 2.77. The second-order valence-corrected chi connectivity index (χ2v) is 5.48. The molecule has 0 atom stereocenters. The Morgan fingerprint density at radius 3 is 2.18 bits per heavy atom. The second kappa shape index (κ2) is 8.43. The third kappa shape index (κ3) is 5.99. The molecule has 0 fully saturated rings. The lowest BCUT2D eigenvalue weighted by molar-refractivity contribution is 0.228. The molecule has 17 heavy (non-hydrogen) atoms. The van der Waals surface area contributed by atoms with Gasteiger partial charge in [0.05, 0.1) is 6.67 Å². The van der Waals surface area contributed by atoms with E-state index in [4.69, 9.17) is 0 Å². The molecule has 0 saturated carbocycles. The van der Waals surface area contributed by atoms with Gasteiger partial charge in [-0.1, -0.05) is 45.4 Å². The van der Waals surface area contributed by atoms with Crippen LogP contribution in [0.1, 0.15) is 65.7 Å². The third-order valence-electron chi connectivity index (χ3n) is 3.53. The molecule has 1 heterocycles. The van der Waals surface area contributed by atoms with Crippen molar-refractivity contribution in [3.05, 3.63) is 12.4 Å². The van der Waals surface area contributed by atoms with Gasteiger partial charge in [-0.15, -0.1) is 0 Å². The van der Waals surface area contributed by atoms with Crippen LogP contribution < -0.4 is 0 Å². The van der Waals surface area contributed by atoms with E-state index in [0.717, 1.165) is 6.67 Å². The maximum absolute atomic E-state index is 2.44. The van der Waals surface area contributed by atoms with Crippen LogP contribution in [-0.4, -0.2) is 29.1 Å². The van der Waals surface area contributed by atoms with Crippen LogP contribution in [0.15, 0.2) is 12.4 Å². The minimum absolute atomic E-state index is 0.630. The van der Waals surface area contributed by atoms with Crippen molar-refractivity contribution in [2.45, 2.75) is 71.8 Å². The third-order valence-corrected chi connectivity index (χ3v) is 3.53. The van der Waals surface area contributed by atoms with Crippen LogP contribution in [0.2, 0.25) is 0 Å². The first-order chi connectivity index (χ1) is 8.24. The Morgan fingerprint density at radius 1 is 0.941 bits per heavy atom. The first kappa shape index (κ1) is 14.4. The van der Waals surface area contributed by atoms with Crippen molar-refractivity contribution in [1.29, 1.82) is 0 Å². The molecular formula is C15H30N2. The normalized spacial score (nSPS) is 15.3. The predicted octanol–water partition coefficient (Wildman–Crippen LogP) is 4.19. The molecule has 0 spiro atoms. The molecule has 2 heteroatoms. The lowest BCUT2D eigenvalue weighted by atomic mass is 10.1. The molecule has 100 valence electrons. The van der Waals surface area contributed by atoms with Crippen molar-refractivity contribution in [3.63, 3.8) is 0 Å². The minimum atomic E-state index is 0.630. The van der Waals surface area contributed by atoms with E-state index in [1.165, 1.54) is 51.5 Å². The summed E-state index contributed by atoms with van der Waals surface area (Å²) < 4.78 is 0. The van der Waals surface area contributed by atoms with Crippen LogP contribution in [0.3, 0.4) is 0 Å². The van der Waals surface area contributed by atoms with Crippen LogP contribution in [0, 0.1) is 0 Å². The zero-order valence-corrected chi connectivity index (χ0v) is 12.0.